The fourth-order valence-corrected chi connectivity index (χ4v) is 4.50. The van der Waals surface area contributed by atoms with Crippen LogP contribution >= 0.6 is 23.6 Å². The number of hydrogen-bond donors (Lipinski definition) is 1. The van der Waals surface area contributed by atoms with E-state index in [1.54, 1.807) is 35.8 Å². The van der Waals surface area contributed by atoms with Gasteiger partial charge in [-0.05, 0) is 56.2 Å². The third kappa shape index (κ3) is 4.22. The molecule has 0 aliphatic carbocycles. The number of carbonyl (C=O) groups excluding carboxylic acids is 2. The van der Waals surface area contributed by atoms with Crippen molar-refractivity contribution in [2.24, 2.45) is 0 Å². The Balaban J connectivity index is 1.88. The van der Waals surface area contributed by atoms with Crippen molar-refractivity contribution in [3.05, 3.63) is 38.7 Å². The summed E-state index contributed by atoms with van der Waals surface area (Å²) in [5.74, 6) is -0.0708. The lowest BCUT2D eigenvalue weighted by molar-refractivity contribution is 0.0526. The predicted octanol–water partition coefficient (Wildman–Crippen LogP) is 4.04. The fourth-order valence-electron chi connectivity index (χ4n) is 3.16. The molecular weight excluding hydrogens is 382 g/mol. The molecule has 1 fully saturated rings. The molecule has 8 heteroatoms. The van der Waals surface area contributed by atoms with Crippen molar-refractivity contribution in [3.8, 4) is 5.69 Å². The number of nitrogens with zero attached hydrogens (tertiary/aromatic N) is 2. The van der Waals surface area contributed by atoms with Gasteiger partial charge in [-0.15, -0.1) is 0 Å². The van der Waals surface area contributed by atoms with Gasteiger partial charge in [0.05, 0.1) is 12.2 Å². The largest absolute Gasteiger partial charge is 0.462 e. The zero-order valence-electron chi connectivity index (χ0n) is 15.3. The second kappa shape index (κ2) is 8.67. The van der Waals surface area contributed by atoms with Gasteiger partial charge in [0.15, 0.2) is 3.95 Å². The van der Waals surface area contributed by atoms with Gasteiger partial charge < -0.3 is 15.4 Å². The third-order valence-electron chi connectivity index (χ3n) is 4.57. The molecule has 1 amide bonds. The van der Waals surface area contributed by atoms with E-state index in [9.17, 15) is 9.59 Å². The van der Waals surface area contributed by atoms with Crippen LogP contribution < -0.4 is 5.73 Å². The molecule has 2 aromatic rings. The topological polar surface area (TPSA) is 77.6 Å². The molecule has 3 rings (SSSR count). The summed E-state index contributed by atoms with van der Waals surface area (Å²) in [6.45, 7) is 3.61. The summed E-state index contributed by atoms with van der Waals surface area (Å²) in [7, 11) is 0. The highest BCUT2D eigenvalue weighted by atomic mass is 32.1. The van der Waals surface area contributed by atoms with Gasteiger partial charge in [0.1, 0.15) is 10.7 Å². The summed E-state index contributed by atoms with van der Waals surface area (Å²) in [6, 6.07) is 6.85. The zero-order valence-corrected chi connectivity index (χ0v) is 16.9. The number of nitrogen functional groups attached to an aromatic ring is 1. The number of hydrogen-bond acceptors (Lipinski definition) is 6. The molecule has 1 saturated heterocycles. The second-order valence-electron chi connectivity index (χ2n) is 6.39. The summed E-state index contributed by atoms with van der Waals surface area (Å²) in [5, 5.41) is 0. The summed E-state index contributed by atoms with van der Waals surface area (Å²) < 4.78 is 7.18. The molecule has 1 aromatic carbocycles. The first-order chi connectivity index (χ1) is 13.0. The lowest BCUT2D eigenvalue weighted by Gasteiger charge is -2.19. The van der Waals surface area contributed by atoms with E-state index in [2.05, 4.69) is 0 Å². The number of thiazole rings is 1. The summed E-state index contributed by atoms with van der Waals surface area (Å²) in [4.78, 5) is 27.1. The molecule has 0 spiro atoms. The first-order valence-electron chi connectivity index (χ1n) is 9.11. The van der Waals surface area contributed by atoms with Gasteiger partial charge >= 0.3 is 5.97 Å². The molecule has 0 radical (unpaired) electrons. The normalized spacial score (nSPS) is 14.6. The van der Waals surface area contributed by atoms with Crippen molar-refractivity contribution in [2.75, 3.05) is 25.4 Å². The van der Waals surface area contributed by atoms with Crippen molar-refractivity contribution in [1.82, 2.24) is 9.47 Å². The van der Waals surface area contributed by atoms with E-state index in [0.717, 1.165) is 44.5 Å². The molecular formula is C19H23N3O3S2. The Bertz CT molecular complexity index is 879. The number of benzene rings is 1. The van der Waals surface area contributed by atoms with Gasteiger partial charge in [-0.25, -0.2) is 4.79 Å². The van der Waals surface area contributed by atoms with Crippen molar-refractivity contribution < 1.29 is 14.3 Å². The highest BCUT2D eigenvalue weighted by Gasteiger charge is 2.24. The molecule has 144 valence electrons. The van der Waals surface area contributed by atoms with Crippen molar-refractivity contribution in [1.29, 1.82) is 0 Å². The maximum absolute atomic E-state index is 12.9. The van der Waals surface area contributed by atoms with Crippen LogP contribution in [0.25, 0.3) is 5.69 Å². The van der Waals surface area contributed by atoms with Crippen LogP contribution in [0.3, 0.4) is 0 Å². The van der Waals surface area contributed by atoms with E-state index in [1.165, 1.54) is 11.3 Å². The van der Waals surface area contributed by atoms with Crippen LogP contribution in [0.15, 0.2) is 24.3 Å². The van der Waals surface area contributed by atoms with Gasteiger partial charge in [0.2, 0.25) is 0 Å². The van der Waals surface area contributed by atoms with E-state index in [0.29, 0.717) is 26.8 Å². The quantitative estimate of drug-likeness (QED) is 0.613. The second-order valence-corrected chi connectivity index (χ2v) is 8.04. The molecule has 1 aromatic heterocycles. The van der Waals surface area contributed by atoms with Crippen LogP contribution in [-0.2, 0) is 4.74 Å². The Hall–Kier alpha value is -2.19. The molecule has 0 unspecified atom stereocenters. The van der Waals surface area contributed by atoms with Crippen molar-refractivity contribution in [2.45, 2.75) is 32.6 Å². The van der Waals surface area contributed by atoms with Crippen LogP contribution in [0.1, 0.15) is 52.6 Å². The first-order valence-corrected chi connectivity index (χ1v) is 10.3. The highest BCUT2D eigenvalue weighted by molar-refractivity contribution is 7.73. The van der Waals surface area contributed by atoms with Gasteiger partial charge in [-0.2, -0.15) is 0 Å². The minimum absolute atomic E-state index is 0.0487. The number of amides is 1. The highest BCUT2D eigenvalue weighted by Crippen LogP contribution is 2.28. The number of rotatable bonds is 4. The van der Waals surface area contributed by atoms with Gasteiger partial charge in [0.25, 0.3) is 5.91 Å². The number of ether oxygens (including phenoxy) is 1. The molecule has 1 aliphatic heterocycles. The molecule has 27 heavy (non-hydrogen) atoms. The maximum atomic E-state index is 12.9. The minimum Gasteiger partial charge on any atom is -0.462 e. The van der Waals surface area contributed by atoms with E-state index in [1.807, 2.05) is 4.90 Å². The number of aromatic nitrogens is 1. The van der Waals surface area contributed by atoms with Crippen molar-refractivity contribution in [3.63, 3.8) is 0 Å². The zero-order chi connectivity index (χ0) is 19.4. The smallest absolute Gasteiger partial charge is 0.338 e. The number of likely N-dealkylation sites (tertiary alicyclic amines) is 1. The fraction of sp³-hybridized carbons (Fsp3) is 0.421. The van der Waals surface area contributed by atoms with Crippen LogP contribution in [-0.4, -0.2) is 41.0 Å². The van der Waals surface area contributed by atoms with Crippen molar-refractivity contribution >= 4 is 41.2 Å². The molecule has 2 N–H and O–H groups in total. The lowest BCUT2D eigenvalue weighted by Crippen LogP contribution is -2.31. The molecule has 0 atom stereocenters. The first kappa shape index (κ1) is 19.6. The monoisotopic (exact) mass is 405 g/mol. The third-order valence-corrected chi connectivity index (χ3v) is 5.95. The number of carbonyl (C=O) groups is 2. The molecule has 0 bridgehead atoms. The summed E-state index contributed by atoms with van der Waals surface area (Å²) in [5.41, 5.74) is 7.48. The summed E-state index contributed by atoms with van der Waals surface area (Å²) >= 11 is 6.69. The van der Waals surface area contributed by atoms with E-state index in [-0.39, 0.29) is 11.9 Å². The van der Waals surface area contributed by atoms with E-state index in [4.69, 9.17) is 22.7 Å². The van der Waals surface area contributed by atoms with E-state index >= 15 is 0 Å². The minimum atomic E-state index is -0.372. The Morgan fingerprint density at radius 2 is 1.78 bits per heavy atom. The SMILES string of the molecule is CCOC(=O)c1ccc(-n2c(N)c(C(=O)N3CCCCCC3)sc2=S)cc1. The summed E-state index contributed by atoms with van der Waals surface area (Å²) in [6.07, 6.45) is 4.35. The standard InChI is InChI=1S/C19H23N3O3S2/c1-2-25-18(24)13-7-9-14(10-8-13)22-16(20)15(27-19(22)26)17(23)21-11-5-3-4-6-12-21/h7-10H,2-6,11-12,20H2,1H3. The Kier molecular flexibility index (Phi) is 6.28. The van der Waals surface area contributed by atoms with Gasteiger partial charge in [0, 0.05) is 18.8 Å². The number of esters is 1. The molecule has 6 nitrogen and oxygen atoms in total. The predicted molar refractivity (Wildman–Crippen MR) is 109 cm³/mol. The lowest BCUT2D eigenvalue weighted by atomic mass is 10.2. The Labute approximate surface area is 167 Å². The number of nitrogens with two attached hydrogens (primary N) is 1. The van der Waals surface area contributed by atoms with Crippen LogP contribution in [0.5, 0.6) is 0 Å². The molecule has 1 aliphatic rings. The molecule has 0 saturated carbocycles. The Morgan fingerprint density at radius 1 is 1.15 bits per heavy atom. The average molecular weight is 406 g/mol. The van der Waals surface area contributed by atoms with Gasteiger partial charge in [-0.1, -0.05) is 24.2 Å². The van der Waals surface area contributed by atoms with Crippen LogP contribution in [0, 0.1) is 3.95 Å². The Morgan fingerprint density at radius 3 is 2.37 bits per heavy atom. The van der Waals surface area contributed by atoms with Gasteiger partial charge in [-0.3, -0.25) is 9.36 Å². The molecule has 2 heterocycles. The van der Waals surface area contributed by atoms with Crippen LogP contribution in [0.4, 0.5) is 5.82 Å². The average Bonchev–Trinajstić information content (AvgIpc) is 2.84. The number of anilines is 1. The van der Waals surface area contributed by atoms with Crippen LogP contribution in [0.2, 0.25) is 0 Å². The maximum Gasteiger partial charge on any atom is 0.338 e. The van der Waals surface area contributed by atoms with E-state index < -0.39 is 0 Å².